The minimum atomic E-state index is -0.436. The molecule has 1 aromatic rings. The number of piperidine rings is 1. The van der Waals surface area contributed by atoms with Crippen LogP contribution in [-0.2, 0) is 19.1 Å². The molecule has 4 amide bonds. The first-order chi connectivity index (χ1) is 14.0. The Morgan fingerprint density at radius 3 is 2.28 bits per heavy atom. The number of carbonyl (C=O) groups excluding carboxylic acids is 4. The van der Waals surface area contributed by atoms with E-state index in [0.29, 0.717) is 50.3 Å². The number of nitrogens with zero attached hydrogens (tertiary/aromatic N) is 2. The molecule has 0 aliphatic carbocycles. The number of ether oxygens (including phenoxy) is 2. The molecule has 0 spiro atoms. The van der Waals surface area contributed by atoms with Crippen LogP contribution in [0.1, 0.15) is 33.6 Å². The standard InChI is InChI=1S/C20H25N3O6/c1-28-10-11-29-13-17(24)21-14-6-8-22(9-7-14)18(25)12-23-19(26)15-4-2-3-5-16(15)20(23)27/h2-5,14H,6-13H2,1H3,(H,21,24). The van der Waals surface area contributed by atoms with E-state index in [1.54, 1.807) is 36.3 Å². The number of nitrogens with one attached hydrogen (secondary N) is 1. The van der Waals surface area contributed by atoms with Gasteiger partial charge in [0.2, 0.25) is 11.8 Å². The number of fused-ring (bicyclic) bond motifs is 1. The molecule has 2 aliphatic heterocycles. The third kappa shape index (κ3) is 4.99. The van der Waals surface area contributed by atoms with Crippen molar-refractivity contribution in [3.05, 3.63) is 35.4 Å². The molecule has 29 heavy (non-hydrogen) atoms. The van der Waals surface area contributed by atoms with Crippen LogP contribution in [0.3, 0.4) is 0 Å². The number of carbonyl (C=O) groups is 4. The van der Waals surface area contributed by atoms with Gasteiger partial charge in [0.05, 0.1) is 24.3 Å². The van der Waals surface area contributed by atoms with Crippen molar-refractivity contribution in [2.24, 2.45) is 0 Å². The molecule has 1 N–H and O–H groups in total. The summed E-state index contributed by atoms with van der Waals surface area (Å²) in [7, 11) is 1.56. The van der Waals surface area contributed by atoms with E-state index < -0.39 is 11.8 Å². The van der Waals surface area contributed by atoms with Gasteiger partial charge in [-0.25, -0.2) is 0 Å². The van der Waals surface area contributed by atoms with E-state index >= 15 is 0 Å². The highest BCUT2D eigenvalue weighted by molar-refractivity contribution is 6.22. The maximum atomic E-state index is 12.6. The largest absolute Gasteiger partial charge is 0.382 e. The maximum absolute atomic E-state index is 12.6. The van der Waals surface area contributed by atoms with Crippen LogP contribution in [0.25, 0.3) is 0 Å². The summed E-state index contributed by atoms with van der Waals surface area (Å²) in [5.41, 5.74) is 0.666. The lowest BCUT2D eigenvalue weighted by Gasteiger charge is -2.33. The molecular weight excluding hydrogens is 378 g/mol. The molecule has 1 fully saturated rings. The lowest BCUT2D eigenvalue weighted by Crippen LogP contribution is -2.50. The molecule has 2 heterocycles. The van der Waals surface area contributed by atoms with Crippen LogP contribution in [0.15, 0.2) is 24.3 Å². The first-order valence-electron chi connectivity index (χ1n) is 9.60. The minimum absolute atomic E-state index is 0.0255. The Hall–Kier alpha value is -2.78. The smallest absolute Gasteiger partial charge is 0.262 e. The second-order valence-electron chi connectivity index (χ2n) is 7.01. The van der Waals surface area contributed by atoms with Crippen molar-refractivity contribution in [3.8, 4) is 0 Å². The third-order valence-electron chi connectivity index (χ3n) is 5.05. The SMILES string of the molecule is COCCOCC(=O)NC1CCN(C(=O)CN2C(=O)c3ccccc3C2=O)CC1. The molecule has 2 aliphatic rings. The Bertz CT molecular complexity index is 753. The second-order valence-corrected chi connectivity index (χ2v) is 7.01. The van der Waals surface area contributed by atoms with E-state index in [2.05, 4.69) is 5.32 Å². The van der Waals surface area contributed by atoms with Crippen LogP contribution >= 0.6 is 0 Å². The predicted octanol–water partition coefficient (Wildman–Crippen LogP) is 0.0528. The molecule has 0 aromatic heterocycles. The average molecular weight is 403 g/mol. The Kier molecular flexibility index (Phi) is 6.95. The van der Waals surface area contributed by atoms with Gasteiger partial charge in [-0.1, -0.05) is 12.1 Å². The van der Waals surface area contributed by atoms with E-state index in [9.17, 15) is 19.2 Å². The molecule has 9 heteroatoms. The lowest BCUT2D eigenvalue weighted by molar-refractivity contribution is -0.133. The quantitative estimate of drug-likeness (QED) is 0.486. The van der Waals surface area contributed by atoms with Crippen molar-refractivity contribution in [3.63, 3.8) is 0 Å². The molecule has 0 bridgehead atoms. The van der Waals surface area contributed by atoms with Crippen molar-refractivity contribution < 1.29 is 28.7 Å². The number of likely N-dealkylation sites (tertiary alicyclic amines) is 1. The average Bonchev–Trinajstić information content (AvgIpc) is 2.97. The Morgan fingerprint density at radius 2 is 1.69 bits per heavy atom. The second kappa shape index (κ2) is 9.62. The number of hydrogen-bond donors (Lipinski definition) is 1. The molecule has 9 nitrogen and oxygen atoms in total. The topological polar surface area (TPSA) is 105 Å². The molecule has 0 unspecified atom stereocenters. The van der Waals surface area contributed by atoms with Gasteiger partial charge in [0.15, 0.2) is 0 Å². The first-order valence-corrected chi connectivity index (χ1v) is 9.60. The Labute approximate surface area is 168 Å². The summed E-state index contributed by atoms with van der Waals surface area (Å²) in [6.07, 6.45) is 1.22. The zero-order valence-electron chi connectivity index (χ0n) is 16.4. The van der Waals surface area contributed by atoms with Crippen LogP contribution in [0.4, 0.5) is 0 Å². The Morgan fingerprint density at radius 1 is 1.07 bits per heavy atom. The molecule has 1 saturated heterocycles. The van der Waals surface area contributed by atoms with E-state index in [0.717, 1.165) is 4.90 Å². The van der Waals surface area contributed by atoms with Gasteiger partial charge in [0, 0.05) is 26.2 Å². The van der Waals surface area contributed by atoms with Gasteiger partial charge in [0.1, 0.15) is 13.2 Å². The van der Waals surface area contributed by atoms with Crippen molar-refractivity contribution in [2.75, 3.05) is 46.6 Å². The van der Waals surface area contributed by atoms with Crippen molar-refractivity contribution in [1.82, 2.24) is 15.1 Å². The predicted molar refractivity (Wildman–Crippen MR) is 102 cm³/mol. The Balaban J connectivity index is 1.43. The normalized spacial score (nSPS) is 16.9. The highest BCUT2D eigenvalue weighted by Gasteiger charge is 2.37. The maximum Gasteiger partial charge on any atom is 0.262 e. The molecule has 1 aromatic carbocycles. The molecule has 0 radical (unpaired) electrons. The van der Waals surface area contributed by atoms with Gasteiger partial charge in [0.25, 0.3) is 11.8 Å². The number of amides is 4. The summed E-state index contributed by atoms with van der Waals surface area (Å²) < 4.78 is 10.0. The highest BCUT2D eigenvalue weighted by Crippen LogP contribution is 2.22. The number of imide groups is 1. The number of hydrogen-bond acceptors (Lipinski definition) is 6. The van der Waals surface area contributed by atoms with Crippen LogP contribution in [0.5, 0.6) is 0 Å². The highest BCUT2D eigenvalue weighted by atomic mass is 16.5. The van der Waals surface area contributed by atoms with Gasteiger partial charge < -0.3 is 19.7 Å². The van der Waals surface area contributed by atoms with Crippen LogP contribution < -0.4 is 5.32 Å². The van der Waals surface area contributed by atoms with Gasteiger partial charge in [-0.05, 0) is 25.0 Å². The summed E-state index contributed by atoms with van der Waals surface area (Å²) in [5.74, 6) is -1.34. The van der Waals surface area contributed by atoms with Gasteiger partial charge in [-0.2, -0.15) is 0 Å². The fraction of sp³-hybridized carbons (Fsp3) is 0.500. The van der Waals surface area contributed by atoms with E-state index in [-0.39, 0.29) is 31.0 Å². The van der Waals surface area contributed by atoms with Gasteiger partial charge >= 0.3 is 0 Å². The first kappa shape index (κ1) is 20.9. The van der Waals surface area contributed by atoms with Crippen molar-refractivity contribution in [2.45, 2.75) is 18.9 Å². The lowest BCUT2D eigenvalue weighted by atomic mass is 10.0. The molecule has 156 valence electrons. The molecular formula is C20H25N3O6. The summed E-state index contributed by atoms with van der Waals surface area (Å²) in [4.78, 5) is 51.9. The molecule has 0 atom stereocenters. The summed E-state index contributed by atoms with van der Waals surface area (Å²) >= 11 is 0. The molecule has 0 saturated carbocycles. The fourth-order valence-electron chi connectivity index (χ4n) is 3.47. The van der Waals surface area contributed by atoms with E-state index in [4.69, 9.17) is 9.47 Å². The van der Waals surface area contributed by atoms with E-state index in [1.165, 1.54) is 0 Å². The summed E-state index contributed by atoms with van der Waals surface area (Å²) in [6, 6.07) is 6.53. The van der Waals surface area contributed by atoms with E-state index in [1.807, 2.05) is 0 Å². The number of rotatable bonds is 8. The van der Waals surface area contributed by atoms with Crippen LogP contribution in [0.2, 0.25) is 0 Å². The third-order valence-corrected chi connectivity index (χ3v) is 5.05. The fourth-order valence-corrected chi connectivity index (χ4v) is 3.47. The zero-order chi connectivity index (χ0) is 20.8. The van der Waals surface area contributed by atoms with Gasteiger partial charge in [-0.15, -0.1) is 0 Å². The monoisotopic (exact) mass is 403 g/mol. The van der Waals surface area contributed by atoms with Crippen LogP contribution in [0, 0.1) is 0 Å². The van der Waals surface area contributed by atoms with Gasteiger partial charge in [-0.3, -0.25) is 24.1 Å². The number of benzene rings is 1. The minimum Gasteiger partial charge on any atom is -0.382 e. The zero-order valence-corrected chi connectivity index (χ0v) is 16.4. The summed E-state index contributed by atoms with van der Waals surface area (Å²) in [6.45, 7) is 1.41. The van der Waals surface area contributed by atoms with Crippen LogP contribution in [-0.4, -0.2) is 86.0 Å². The number of methoxy groups -OCH3 is 1. The van der Waals surface area contributed by atoms with Crippen molar-refractivity contribution in [1.29, 1.82) is 0 Å². The van der Waals surface area contributed by atoms with Crippen molar-refractivity contribution >= 4 is 23.6 Å². The summed E-state index contributed by atoms with van der Waals surface area (Å²) in [5, 5.41) is 2.89. The molecule has 3 rings (SSSR count).